The number of hydrogen-bond acceptors (Lipinski definition) is 3. The molecule has 0 aliphatic carbocycles. The lowest BCUT2D eigenvalue weighted by molar-refractivity contribution is -0.136. The number of rotatable bonds is 5. The number of nitrogens with one attached hydrogen (secondary N) is 1. The molecular formula is C17H23BrN2O2S. The molecule has 0 aromatic heterocycles. The van der Waals surface area contributed by atoms with E-state index >= 15 is 0 Å². The van der Waals surface area contributed by atoms with E-state index < -0.39 is 6.04 Å². The number of carbonyl (C=O) groups is 2. The molecule has 1 atom stereocenters. The van der Waals surface area contributed by atoms with E-state index in [1.165, 1.54) is 6.92 Å². The molecule has 0 bridgehead atoms. The van der Waals surface area contributed by atoms with Crippen LogP contribution in [0.1, 0.15) is 26.7 Å². The van der Waals surface area contributed by atoms with Crippen molar-refractivity contribution in [2.75, 3.05) is 18.8 Å². The molecule has 1 fully saturated rings. The van der Waals surface area contributed by atoms with Gasteiger partial charge < -0.3 is 10.2 Å². The quantitative estimate of drug-likeness (QED) is 0.773. The fourth-order valence-corrected chi connectivity index (χ4v) is 4.13. The number of carbonyl (C=O) groups excluding carboxylic acids is 2. The van der Waals surface area contributed by atoms with E-state index in [2.05, 4.69) is 28.2 Å². The summed E-state index contributed by atoms with van der Waals surface area (Å²) in [6.07, 6.45) is 2.08. The Labute approximate surface area is 150 Å². The van der Waals surface area contributed by atoms with Gasteiger partial charge in [-0.25, -0.2) is 0 Å². The number of benzene rings is 1. The van der Waals surface area contributed by atoms with Crippen molar-refractivity contribution in [1.82, 2.24) is 10.2 Å². The Morgan fingerprint density at radius 1 is 1.39 bits per heavy atom. The van der Waals surface area contributed by atoms with E-state index in [-0.39, 0.29) is 11.8 Å². The SMILES string of the molecule is CC(=O)NC(CSc1cccc(Br)c1)C(=O)N1CCC(C)CC1. The van der Waals surface area contributed by atoms with Crippen LogP contribution in [0, 0.1) is 5.92 Å². The Kier molecular flexibility index (Phi) is 6.96. The first-order chi connectivity index (χ1) is 11.0. The van der Waals surface area contributed by atoms with Gasteiger partial charge in [0.25, 0.3) is 0 Å². The molecule has 1 saturated heterocycles. The van der Waals surface area contributed by atoms with Crippen LogP contribution >= 0.6 is 27.7 Å². The zero-order valence-electron chi connectivity index (χ0n) is 13.5. The van der Waals surface area contributed by atoms with Crippen LogP contribution in [-0.2, 0) is 9.59 Å². The average Bonchev–Trinajstić information content (AvgIpc) is 2.51. The van der Waals surface area contributed by atoms with Crippen LogP contribution in [0.5, 0.6) is 0 Å². The summed E-state index contributed by atoms with van der Waals surface area (Å²) in [6, 6.07) is 7.49. The number of piperidine rings is 1. The van der Waals surface area contributed by atoms with E-state index in [9.17, 15) is 9.59 Å². The lowest BCUT2D eigenvalue weighted by Gasteiger charge is -2.33. The third kappa shape index (κ3) is 5.84. The molecule has 6 heteroatoms. The molecule has 126 valence electrons. The molecule has 1 aromatic carbocycles. The molecule has 23 heavy (non-hydrogen) atoms. The normalized spacial score (nSPS) is 16.9. The van der Waals surface area contributed by atoms with Crippen LogP contribution in [-0.4, -0.2) is 41.6 Å². The van der Waals surface area contributed by atoms with E-state index in [0.717, 1.165) is 35.3 Å². The lowest BCUT2D eigenvalue weighted by Crippen LogP contribution is -2.51. The van der Waals surface area contributed by atoms with Crippen LogP contribution in [0.15, 0.2) is 33.6 Å². The van der Waals surface area contributed by atoms with Gasteiger partial charge in [-0.3, -0.25) is 9.59 Å². The Hall–Kier alpha value is -1.01. The van der Waals surface area contributed by atoms with Crippen molar-refractivity contribution >= 4 is 39.5 Å². The summed E-state index contributed by atoms with van der Waals surface area (Å²) in [6.45, 7) is 5.26. The van der Waals surface area contributed by atoms with Crippen LogP contribution in [0.25, 0.3) is 0 Å². The van der Waals surface area contributed by atoms with Crippen molar-refractivity contribution in [3.8, 4) is 0 Å². The second-order valence-corrected chi connectivity index (χ2v) is 8.04. The summed E-state index contributed by atoms with van der Waals surface area (Å²) in [7, 11) is 0. The van der Waals surface area contributed by atoms with Crippen molar-refractivity contribution in [2.24, 2.45) is 5.92 Å². The topological polar surface area (TPSA) is 49.4 Å². The maximum Gasteiger partial charge on any atom is 0.246 e. The average molecular weight is 399 g/mol. The third-order valence-corrected chi connectivity index (χ3v) is 5.56. The molecule has 1 aliphatic heterocycles. The zero-order valence-corrected chi connectivity index (χ0v) is 16.0. The van der Waals surface area contributed by atoms with Crippen molar-refractivity contribution in [1.29, 1.82) is 0 Å². The molecule has 1 N–H and O–H groups in total. The van der Waals surface area contributed by atoms with Crippen molar-refractivity contribution in [3.63, 3.8) is 0 Å². The molecule has 1 unspecified atom stereocenters. The minimum Gasteiger partial charge on any atom is -0.344 e. The highest BCUT2D eigenvalue weighted by Crippen LogP contribution is 2.24. The molecule has 1 aliphatic rings. The number of likely N-dealkylation sites (tertiary alicyclic amines) is 1. The summed E-state index contributed by atoms with van der Waals surface area (Å²) in [5.74, 6) is 1.09. The first-order valence-corrected chi connectivity index (χ1v) is 9.68. The minimum atomic E-state index is -0.468. The molecule has 2 rings (SSSR count). The van der Waals surface area contributed by atoms with E-state index in [0.29, 0.717) is 11.7 Å². The predicted octanol–water partition coefficient (Wildman–Crippen LogP) is 3.30. The maximum absolute atomic E-state index is 12.7. The Balaban J connectivity index is 1.98. The Bertz CT molecular complexity index is 559. The van der Waals surface area contributed by atoms with Crippen LogP contribution < -0.4 is 5.32 Å². The van der Waals surface area contributed by atoms with Gasteiger partial charge in [0.2, 0.25) is 11.8 Å². The third-order valence-electron chi connectivity index (χ3n) is 3.98. The highest BCUT2D eigenvalue weighted by Gasteiger charge is 2.27. The highest BCUT2D eigenvalue weighted by molar-refractivity contribution is 9.10. The first kappa shape index (κ1) is 18.3. The highest BCUT2D eigenvalue weighted by atomic mass is 79.9. The molecule has 2 amide bonds. The van der Waals surface area contributed by atoms with Gasteiger partial charge >= 0.3 is 0 Å². The minimum absolute atomic E-state index is 0.0367. The van der Waals surface area contributed by atoms with Gasteiger partial charge in [-0.1, -0.05) is 28.9 Å². The standard InChI is InChI=1S/C17H23BrN2O2S/c1-12-6-8-20(9-7-12)17(22)16(19-13(2)21)11-23-15-5-3-4-14(18)10-15/h3-5,10,12,16H,6-9,11H2,1-2H3,(H,19,21). The maximum atomic E-state index is 12.7. The first-order valence-electron chi connectivity index (χ1n) is 7.90. The Morgan fingerprint density at radius 2 is 2.09 bits per heavy atom. The Morgan fingerprint density at radius 3 is 2.70 bits per heavy atom. The summed E-state index contributed by atoms with van der Waals surface area (Å²) in [5.41, 5.74) is 0. The molecule has 0 saturated carbocycles. The van der Waals surface area contributed by atoms with Gasteiger partial charge in [0.05, 0.1) is 0 Å². The van der Waals surface area contributed by atoms with Gasteiger partial charge in [-0.05, 0) is 37.0 Å². The fourth-order valence-electron chi connectivity index (χ4n) is 2.61. The van der Waals surface area contributed by atoms with Crippen LogP contribution in [0.4, 0.5) is 0 Å². The predicted molar refractivity (Wildman–Crippen MR) is 97.4 cm³/mol. The molecule has 1 heterocycles. The summed E-state index contributed by atoms with van der Waals surface area (Å²) < 4.78 is 1.01. The van der Waals surface area contributed by atoms with Gasteiger partial charge in [-0.2, -0.15) is 0 Å². The molecule has 1 aromatic rings. The van der Waals surface area contributed by atoms with Gasteiger partial charge in [0, 0.05) is 35.1 Å². The van der Waals surface area contributed by atoms with Gasteiger partial charge in [0.15, 0.2) is 0 Å². The van der Waals surface area contributed by atoms with Crippen LogP contribution in [0.3, 0.4) is 0 Å². The lowest BCUT2D eigenvalue weighted by atomic mass is 9.99. The zero-order chi connectivity index (χ0) is 16.8. The van der Waals surface area contributed by atoms with E-state index in [1.54, 1.807) is 11.8 Å². The summed E-state index contributed by atoms with van der Waals surface area (Å²) >= 11 is 5.03. The fraction of sp³-hybridized carbons (Fsp3) is 0.529. The summed E-state index contributed by atoms with van der Waals surface area (Å²) in [4.78, 5) is 27.1. The number of nitrogens with zero attached hydrogens (tertiary/aromatic N) is 1. The molecule has 0 radical (unpaired) electrons. The van der Waals surface area contributed by atoms with E-state index in [1.807, 2.05) is 29.2 Å². The number of hydrogen-bond donors (Lipinski definition) is 1. The number of amides is 2. The number of thioether (sulfide) groups is 1. The monoisotopic (exact) mass is 398 g/mol. The van der Waals surface area contributed by atoms with Crippen molar-refractivity contribution < 1.29 is 9.59 Å². The van der Waals surface area contributed by atoms with Crippen molar-refractivity contribution in [2.45, 2.75) is 37.6 Å². The summed E-state index contributed by atoms with van der Waals surface area (Å²) in [5, 5.41) is 2.81. The van der Waals surface area contributed by atoms with Crippen molar-refractivity contribution in [3.05, 3.63) is 28.7 Å². The second-order valence-electron chi connectivity index (χ2n) is 6.03. The largest absolute Gasteiger partial charge is 0.344 e. The van der Waals surface area contributed by atoms with Gasteiger partial charge in [0.1, 0.15) is 6.04 Å². The van der Waals surface area contributed by atoms with E-state index in [4.69, 9.17) is 0 Å². The molecular weight excluding hydrogens is 376 g/mol. The van der Waals surface area contributed by atoms with Crippen LogP contribution in [0.2, 0.25) is 0 Å². The smallest absolute Gasteiger partial charge is 0.246 e. The molecule has 0 spiro atoms. The molecule has 4 nitrogen and oxygen atoms in total. The van der Waals surface area contributed by atoms with Gasteiger partial charge in [-0.15, -0.1) is 11.8 Å². The second kappa shape index (κ2) is 8.73. The number of halogens is 1.